The van der Waals surface area contributed by atoms with Crippen molar-refractivity contribution in [2.24, 2.45) is 0 Å². The number of hydrogen-bond donors (Lipinski definition) is 0. The van der Waals surface area contributed by atoms with E-state index in [1.54, 1.807) is 19.1 Å². The summed E-state index contributed by atoms with van der Waals surface area (Å²) in [6, 6.07) is 6.55. The Balaban J connectivity index is 3.04. The minimum Gasteiger partial charge on any atom is -0.229 e. The monoisotopic (exact) mass is 243 g/mol. The van der Waals surface area contributed by atoms with E-state index in [0.29, 0.717) is 16.1 Å². The molecule has 0 saturated heterocycles. The van der Waals surface area contributed by atoms with Gasteiger partial charge in [-0.3, -0.25) is 0 Å². The molecule has 3 nitrogen and oxygen atoms in total. The second-order valence-corrected chi connectivity index (χ2v) is 5.85. The SMILES string of the molecule is CCS(=O)(=O)Cc1ccc(C#N)cc1Cl. The molecule has 0 bridgehead atoms. The fourth-order valence-corrected chi connectivity index (χ4v) is 2.33. The minimum atomic E-state index is -3.08. The van der Waals surface area contributed by atoms with Gasteiger partial charge in [-0.2, -0.15) is 5.26 Å². The van der Waals surface area contributed by atoms with Crippen LogP contribution in [0, 0.1) is 11.3 Å². The molecular weight excluding hydrogens is 234 g/mol. The molecule has 0 aliphatic rings. The van der Waals surface area contributed by atoms with Crippen molar-refractivity contribution in [3.05, 3.63) is 34.3 Å². The van der Waals surface area contributed by atoms with Crippen LogP contribution >= 0.6 is 11.6 Å². The Bertz CT molecular complexity index is 503. The number of benzene rings is 1. The molecule has 0 unspecified atom stereocenters. The van der Waals surface area contributed by atoms with Crippen LogP contribution in [0.2, 0.25) is 5.02 Å². The summed E-state index contributed by atoms with van der Waals surface area (Å²) in [5.74, 6) is 0.0113. The van der Waals surface area contributed by atoms with Gasteiger partial charge >= 0.3 is 0 Å². The predicted molar refractivity (Wildman–Crippen MR) is 59.3 cm³/mol. The zero-order chi connectivity index (χ0) is 11.5. The maximum absolute atomic E-state index is 11.4. The Morgan fingerprint density at radius 1 is 1.47 bits per heavy atom. The van der Waals surface area contributed by atoms with Gasteiger partial charge < -0.3 is 0 Å². The summed E-state index contributed by atoms with van der Waals surface area (Å²) in [5.41, 5.74) is 0.968. The van der Waals surface area contributed by atoms with Crippen LogP contribution in [-0.2, 0) is 15.6 Å². The molecule has 15 heavy (non-hydrogen) atoms. The van der Waals surface area contributed by atoms with E-state index in [1.165, 1.54) is 6.07 Å². The zero-order valence-corrected chi connectivity index (χ0v) is 9.77. The number of halogens is 1. The molecule has 0 radical (unpaired) electrons. The first-order valence-electron chi connectivity index (χ1n) is 4.37. The summed E-state index contributed by atoms with van der Waals surface area (Å²) in [5, 5.41) is 8.93. The molecule has 0 atom stereocenters. The first-order chi connectivity index (χ1) is 6.98. The van der Waals surface area contributed by atoms with E-state index in [9.17, 15) is 8.42 Å². The van der Waals surface area contributed by atoms with E-state index < -0.39 is 9.84 Å². The van der Waals surface area contributed by atoms with E-state index >= 15 is 0 Å². The summed E-state index contributed by atoms with van der Waals surface area (Å²) < 4.78 is 22.7. The maximum atomic E-state index is 11.4. The largest absolute Gasteiger partial charge is 0.229 e. The van der Waals surface area contributed by atoms with Gasteiger partial charge in [-0.1, -0.05) is 24.6 Å². The average Bonchev–Trinajstić information content (AvgIpc) is 2.21. The van der Waals surface area contributed by atoms with Crippen molar-refractivity contribution in [2.75, 3.05) is 5.75 Å². The van der Waals surface area contributed by atoms with E-state index in [0.717, 1.165) is 0 Å². The molecule has 0 heterocycles. The third-order valence-corrected chi connectivity index (χ3v) is 3.98. The summed E-state index contributed by atoms with van der Waals surface area (Å²) >= 11 is 5.86. The highest BCUT2D eigenvalue weighted by molar-refractivity contribution is 7.90. The van der Waals surface area contributed by atoms with Crippen LogP contribution in [0.15, 0.2) is 18.2 Å². The van der Waals surface area contributed by atoms with Crippen molar-refractivity contribution in [3.8, 4) is 6.07 Å². The van der Waals surface area contributed by atoms with Gasteiger partial charge in [0, 0.05) is 10.8 Å². The maximum Gasteiger partial charge on any atom is 0.154 e. The van der Waals surface area contributed by atoms with Crippen LogP contribution in [0.1, 0.15) is 18.1 Å². The second kappa shape index (κ2) is 4.65. The number of nitriles is 1. The van der Waals surface area contributed by atoms with E-state index in [4.69, 9.17) is 16.9 Å². The Kier molecular flexibility index (Phi) is 3.72. The first-order valence-corrected chi connectivity index (χ1v) is 6.57. The molecule has 0 amide bonds. The summed E-state index contributed by atoms with van der Waals surface area (Å²) in [4.78, 5) is 0. The average molecular weight is 244 g/mol. The smallest absolute Gasteiger partial charge is 0.154 e. The fraction of sp³-hybridized carbons (Fsp3) is 0.300. The molecular formula is C10H10ClNO2S. The molecule has 1 aromatic rings. The third-order valence-electron chi connectivity index (χ3n) is 2.00. The van der Waals surface area contributed by atoms with Crippen molar-refractivity contribution < 1.29 is 8.42 Å². The molecule has 0 fully saturated rings. The lowest BCUT2D eigenvalue weighted by atomic mass is 10.2. The van der Waals surface area contributed by atoms with Gasteiger partial charge in [0.25, 0.3) is 0 Å². The third kappa shape index (κ3) is 3.22. The first kappa shape index (κ1) is 12.0. The highest BCUT2D eigenvalue weighted by Crippen LogP contribution is 2.20. The highest BCUT2D eigenvalue weighted by Gasteiger charge is 2.11. The summed E-state index contributed by atoms with van der Waals surface area (Å²) in [6.07, 6.45) is 0. The van der Waals surface area contributed by atoms with Crippen molar-refractivity contribution in [3.63, 3.8) is 0 Å². The molecule has 0 N–H and O–H groups in total. The van der Waals surface area contributed by atoms with E-state index in [2.05, 4.69) is 0 Å². The van der Waals surface area contributed by atoms with Gasteiger partial charge in [0.05, 0.1) is 17.4 Å². The highest BCUT2D eigenvalue weighted by atomic mass is 35.5. The van der Waals surface area contributed by atoms with Gasteiger partial charge in [0.1, 0.15) is 0 Å². The van der Waals surface area contributed by atoms with Crippen LogP contribution in [0.25, 0.3) is 0 Å². The minimum absolute atomic E-state index is 0.0754. The van der Waals surface area contributed by atoms with Crippen molar-refractivity contribution in [2.45, 2.75) is 12.7 Å². The number of sulfone groups is 1. The standard InChI is InChI=1S/C10H10ClNO2S/c1-2-15(13,14)7-9-4-3-8(6-12)5-10(9)11/h3-5H,2,7H2,1H3. The Morgan fingerprint density at radius 3 is 2.60 bits per heavy atom. The molecule has 0 aliphatic carbocycles. The zero-order valence-electron chi connectivity index (χ0n) is 8.20. The van der Waals surface area contributed by atoms with Crippen molar-refractivity contribution >= 4 is 21.4 Å². The number of hydrogen-bond acceptors (Lipinski definition) is 3. The lowest BCUT2D eigenvalue weighted by molar-refractivity contribution is 0.596. The number of nitrogens with zero attached hydrogens (tertiary/aromatic N) is 1. The summed E-state index contributed by atoms with van der Waals surface area (Å²) in [6.45, 7) is 1.59. The van der Waals surface area contributed by atoms with Gasteiger partial charge in [-0.15, -0.1) is 0 Å². The molecule has 0 spiro atoms. The molecule has 5 heteroatoms. The van der Waals surface area contributed by atoms with Crippen molar-refractivity contribution in [1.82, 2.24) is 0 Å². The summed E-state index contributed by atoms with van der Waals surface area (Å²) in [7, 11) is -3.08. The fourth-order valence-electron chi connectivity index (χ4n) is 1.07. The van der Waals surface area contributed by atoms with Crippen LogP contribution in [-0.4, -0.2) is 14.2 Å². The second-order valence-electron chi connectivity index (χ2n) is 3.09. The predicted octanol–water partition coefficient (Wildman–Crippen LogP) is 2.15. The Morgan fingerprint density at radius 2 is 2.13 bits per heavy atom. The van der Waals surface area contributed by atoms with Crippen molar-refractivity contribution in [1.29, 1.82) is 5.26 Å². The van der Waals surface area contributed by atoms with Gasteiger partial charge in [0.15, 0.2) is 9.84 Å². The lowest BCUT2D eigenvalue weighted by Gasteiger charge is -2.04. The molecule has 80 valence electrons. The lowest BCUT2D eigenvalue weighted by Crippen LogP contribution is -2.06. The van der Waals surface area contributed by atoms with Gasteiger partial charge in [-0.05, 0) is 17.7 Å². The molecule has 0 aliphatic heterocycles. The van der Waals surface area contributed by atoms with Crippen LogP contribution in [0.4, 0.5) is 0 Å². The Labute approximate surface area is 94.2 Å². The van der Waals surface area contributed by atoms with Crippen LogP contribution in [0.5, 0.6) is 0 Å². The quantitative estimate of drug-likeness (QED) is 0.817. The number of rotatable bonds is 3. The normalized spacial score (nSPS) is 11.0. The van der Waals surface area contributed by atoms with Gasteiger partial charge in [-0.25, -0.2) is 8.42 Å². The topological polar surface area (TPSA) is 57.9 Å². The van der Waals surface area contributed by atoms with E-state index in [-0.39, 0.29) is 11.5 Å². The van der Waals surface area contributed by atoms with Gasteiger partial charge in [0.2, 0.25) is 0 Å². The molecule has 0 aromatic heterocycles. The van der Waals surface area contributed by atoms with Crippen LogP contribution in [0.3, 0.4) is 0 Å². The van der Waals surface area contributed by atoms with Crippen LogP contribution < -0.4 is 0 Å². The Hall–Kier alpha value is -1.05. The molecule has 1 aromatic carbocycles. The molecule has 0 saturated carbocycles. The molecule has 1 rings (SSSR count). The van der Waals surface area contributed by atoms with E-state index in [1.807, 2.05) is 6.07 Å².